The van der Waals surface area contributed by atoms with Crippen LogP contribution in [0, 0.1) is 0 Å². The van der Waals surface area contributed by atoms with Crippen molar-refractivity contribution in [1.82, 2.24) is 15.1 Å². The van der Waals surface area contributed by atoms with Gasteiger partial charge in [0.1, 0.15) is 17.6 Å². The van der Waals surface area contributed by atoms with E-state index in [0.29, 0.717) is 30.9 Å². The predicted octanol–water partition coefficient (Wildman–Crippen LogP) is 3.00. The number of ether oxygens (including phenoxy) is 2. The quantitative estimate of drug-likeness (QED) is 0.843. The molecule has 2 unspecified atom stereocenters. The topological polar surface area (TPSA) is 71.1 Å². The molecule has 158 valence electrons. The highest BCUT2D eigenvalue weighted by Crippen LogP contribution is 2.34. The molecule has 7 nitrogen and oxygen atoms in total. The summed E-state index contributed by atoms with van der Waals surface area (Å²) in [5.74, 6) is 1.23. The fourth-order valence-electron chi connectivity index (χ4n) is 4.04. The number of nitrogens with one attached hydrogen (secondary N) is 1. The van der Waals surface area contributed by atoms with E-state index in [1.165, 1.54) is 0 Å². The minimum absolute atomic E-state index is 0.0921. The molecule has 1 saturated heterocycles. The molecule has 0 aromatic heterocycles. The number of carbonyl (C=O) groups excluding carboxylic acids is 2. The van der Waals surface area contributed by atoms with Gasteiger partial charge in [-0.1, -0.05) is 25.1 Å². The van der Waals surface area contributed by atoms with Gasteiger partial charge in [-0.3, -0.25) is 4.79 Å². The first-order valence-electron chi connectivity index (χ1n) is 10.3. The average Bonchev–Trinajstić information content (AvgIpc) is 3.16. The lowest BCUT2D eigenvalue weighted by atomic mass is 10.0. The molecule has 0 spiro atoms. The summed E-state index contributed by atoms with van der Waals surface area (Å²) in [4.78, 5) is 28.9. The molecule has 2 aromatic rings. The Morgan fingerprint density at radius 1 is 1.20 bits per heavy atom. The molecule has 2 aliphatic heterocycles. The van der Waals surface area contributed by atoms with Crippen molar-refractivity contribution in [3.8, 4) is 22.6 Å². The van der Waals surface area contributed by atoms with Crippen LogP contribution in [-0.4, -0.2) is 67.7 Å². The first-order valence-corrected chi connectivity index (χ1v) is 10.3. The SMILES string of the molecule is CCCNC(=O)N1CC2Oc3cc(-c4cccc(OC)c4)ccc3C(=O)N(C)C2C1. The number of amides is 3. The van der Waals surface area contributed by atoms with Crippen molar-refractivity contribution in [3.63, 3.8) is 0 Å². The number of methoxy groups -OCH3 is 1. The van der Waals surface area contributed by atoms with E-state index in [4.69, 9.17) is 9.47 Å². The summed E-state index contributed by atoms with van der Waals surface area (Å²) in [6, 6.07) is 13.1. The Balaban J connectivity index is 1.62. The smallest absolute Gasteiger partial charge is 0.317 e. The van der Waals surface area contributed by atoms with E-state index in [2.05, 4.69) is 5.32 Å². The monoisotopic (exact) mass is 409 g/mol. The number of carbonyl (C=O) groups is 2. The number of fused-ring (bicyclic) bond motifs is 2. The molecule has 0 saturated carbocycles. The molecular formula is C23H27N3O4. The third-order valence-electron chi connectivity index (χ3n) is 5.76. The van der Waals surface area contributed by atoms with E-state index in [1.807, 2.05) is 49.4 Å². The number of hydrogen-bond donors (Lipinski definition) is 1. The number of urea groups is 1. The third kappa shape index (κ3) is 3.67. The van der Waals surface area contributed by atoms with Gasteiger partial charge in [0.05, 0.1) is 25.3 Å². The number of likely N-dealkylation sites (tertiary alicyclic amines) is 1. The van der Waals surface area contributed by atoms with Crippen LogP contribution >= 0.6 is 0 Å². The van der Waals surface area contributed by atoms with Gasteiger partial charge in [0.2, 0.25) is 0 Å². The van der Waals surface area contributed by atoms with Crippen LogP contribution in [-0.2, 0) is 0 Å². The van der Waals surface area contributed by atoms with E-state index >= 15 is 0 Å². The van der Waals surface area contributed by atoms with E-state index < -0.39 is 0 Å². The molecular weight excluding hydrogens is 382 g/mol. The van der Waals surface area contributed by atoms with Crippen molar-refractivity contribution in [2.24, 2.45) is 0 Å². The van der Waals surface area contributed by atoms with Crippen LogP contribution in [0.4, 0.5) is 4.79 Å². The van der Waals surface area contributed by atoms with Crippen LogP contribution in [0.1, 0.15) is 23.7 Å². The molecule has 4 rings (SSSR count). The second-order valence-electron chi connectivity index (χ2n) is 7.72. The highest BCUT2D eigenvalue weighted by Gasteiger charge is 2.43. The summed E-state index contributed by atoms with van der Waals surface area (Å²) in [6.45, 7) is 3.55. The summed E-state index contributed by atoms with van der Waals surface area (Å²) in [7, 11) is 3.41. The van der Waals surface area contributed by atoms with E-state index in [9.17, 15) is 9.59 Å². The number of likely N-dealkylation sites (N-methyl/N-ethyl adjacent to an activating group) is 1. The van der Waals surface area contributed by atoms with Crippen molar-refractivity contribution in [2.45, 2.75) is 25.5 Å². The van der Waals surface area contributed by atoms with Gasteiger partial charge in [-0.05, 0) is 41.8 Å². The van der Waals surface area contributed by atoms with Gasteiger partial charge in [-0.2, -0.15) is 0 Å². The fourth-order valence-corrected chi connectivity index (χ4v) is 4.04. The van der Waals surface area contributed by atoms with Crippen LogP contribution in [0.3, 0.4) is 0 Å². The summed E-state index contributed by atoms with van der Waals surface area (Å²) in [6.07, 6.45) is 0.606. The van der Waals surface area contributed by atoms with E-state index in [1.54, 1.807) is 24.0 Å². The molecule has 2 heterocycles. The maximum absolute atomic E-state index is 13.1. The second-order valence-corrected chi connectivity index (χ2v) is 7.72. The van der Waals surface area contributed by atoms with Gasteiger partial charge in [0.25, 0.3) is 5.91 Å². The zero-order valence-electron chi connectivity index (χ0n) is 17.6. The van der Waals surface area contributed by atoms with Crippen molar-refractivity contribution in [3.05, 3.63) is 48.0 Å². The molecule has 0 bridgehead atoms. The van der Waals surface area contributed by atoms with Crippen molar-refractivity contribution >= 4 is 11.9 Å². The minimum Gasteiger partial charge on any atom is -0.497 e. The standard InChI is InChI=1S/C23H27N3O4/c1-4-10-24-23(28)26-13-19-21(14-26)30-20-12-16(8-9-18(20)22(27)25(19)2)15-6-5-7-17(11-15)29-3/h5-9,11-12,19,21H,4,10,13-14H2,1-3H3,(H,24,28). The van der Waals surface area contributed by atoms with Crippen LogP contribution in [0.15, 0.2) is 42.5 Å². The van der Waals surface area contributed by atoms with Crippen molar-refractivity contribution < 1.29 is 19.1 Å². The van der Waals surface area contributed by atoms with Crippen LogP contribution in [0.25, 0.3) is 11.1 Å². The van der Waals surface area contributed by atoms with Gasteiger partial charge < -0.3 is 24.6 Å². The lowest BCUT2D eigenvalue weighted by Crippen LogP contribution is -2.44. The number of rotatable bonds is 4. The van der Waals surface area contributed by atoms with Crippen molar-refractivity contribution in [1.29, 1.82) is 0 Å². The van der Waals surface area contributed by atoms with Crippen molar-refractivity contribution in [2.75, 3.05) is 33.8 Å². The van der Waals surface area contributed by atoms with E-state index in [-0.39, 0.29) is 24.1 Å². The Hall–Kier alpha value is -3.22. The maximum Gasteiger partial charge on any atom is 0.317 e. The van der Waals surface area contributed by atoms with Gasteiger partial charge in [0.15, 0.2) is 0 Å². The lowest BCUT2D eigenvalue weighted by Gasteiger charge is -2.25. The largest absolute Gasteiger partial charge is 0.497 e. The van der Waals surface area contributed by atoms with Gasteiger partial charge in [-0.25, -0.2) is 4.79 Å². The van der Waals surface area contributed by atoms with Gasteiger partial charge >= 0.3 is 6.03 Å². The molecule has 0 aliphatic carbocycles. The highest BCUT2D eigenvalue weighted by molar-refractivity contribution is 5.98. The molecule has 2 aromatic carbocycles. The van der Waals surface area contributed by atoms with Gasteiger partial charge in [-0.15, -0.1) is 0 Å². The van der Waals surface area contributed by atoms with E-state index in [0.717, 1.165) is 23.3 Å². The number of benzene rings is 2. The summed E-state index contributed by atoms with van der Waals surface area (Å²) < 4.78 is 11.6. The van der Waals surface area contributed by atoms with Crippen LogP contribution in [0.2, 0.25) is 0 Å². The Morgan fingerprint density at radius 3 is 2.77 bits per heavy atom. The first-order chi connectivity index (χ1) is 14.5. The van der Waals surface area contributed by atoms with Gasteiger partial charge in [0, 0.05) is 20.1 Å². The Morgan fingerprint density at radius 2 is 2.00 bits per heavy atom. The molecule has 0 radical (unpaired) electrons. The Labute approximate surface area is 176 Å². The lowest BCUT2D eigenvalue weighted by molar-refractivity contribution is 0.0682. The van der Waals surface area contributed by atoms with Crippen LogP contribution in [0.5, 0.6) is 11.5 Å². The predicted molar refractivity (Wildman–Crippen MR) is 114 cm³/mol. The Kier molecular flexibility index (Phi) is 5.53. The molecule has 2 atom stereocenters. The Bertz CT molecular complexity index is 961. The van der Waals surface area contributed by atoms with Crippen LogP contribution < -0.4 is 14.8 Å². The average molecular weight is 409 g/mol. The third-order valence-corrected chi connectivity index (χ3v) is 5.76. The second kappa shape index (κ2) is 8.26. The molecule has 7 heteroatoms. The zero-order chi connectivity index (χ0) is 21.3. The summed E-state index contributed by atoms with van der Waals surface area (Å²) >= 11 is 0. The fraction of sp³-hybridized carbons (Fsp3) is 0.391. The molecule has 30 heavy (non-hydrogen) atoms. The molecule has 1 N–H and O–H groups in total. The minimum atomic E-state index is -0.270. The molecule has 2 aliphatic rings. The number of hydrogen-bond acceptors (Lipinski definition) is 4. The summed E-state index contributed by atoms with van der Waals surface area (Å²) in [5.41, 5.74) is 2.46. The summed E-state index contributed by atoms with van der Waals surface area (Å²) in [5, 5.41) is 2.90. The molecule has 1 fully saturated rings. The molecule has 3 amide bonds. The number of nitrogens with zero attached hydrogens (tertiary/aromatic N) is 2. The highest BCUT2D eigenvalue weighted by atomic mass is 16.5. The normalized spacial score (nSPS) is 20.2. The maximum atomic E-state index is 13.1. The first kappa shape index (κ1) is 20.1. The zero-order valence-corrected chi connectivity index (χ0v) is 17.6.